The van der Waals surface area contributed by atoms with E-state index in [1.54, 1.807) is 0 Å². The number of carbonyl (C=O) groups is 3. The van der Waals surface area contributed by atoms with Crippen LogP contribution in [0.4, 0.5) is 0 Å². The zero-order chi connectivity index (χ0) is 17.7. The maximum Gasteiger partial charge on any atom is 0.329 e. The third-order valence-electron chi connectivity index (χ3n) is 2.83. The summed E-state index contributed by atoms with van der Waals surface area (Å²) in [6, 6.07) is 0. The normalized spacial score (nSPS) is 30.7. The minimum Gasteiger partial charge on any atom is -0.456 e. The molecular weight excluding hydrogens is 335 g/mol. The molecule has 23 heavy (non-hydrogen) atoms. The van der Waals surface area contributed by atoms with Gasteiger partial charge in [-0.3, -0.25) is 18.9 Å². The maximum atomic E-state index is 11.3. The lowest BCUT2D eigenvalue weighted by Crippen LogP contribution is -2.60. The number of esters is 3. The lowest BCUT2D eigenvalue weighted by Gasteiger charge is -2.43. The van der Waals surface area contributed by atoms with Gasteiger partial charge in [-0.2, -0.15) is 0 Å². The number of carbonyl (C=O) groups excluding carboxylic acids is 3. The molecule has 11 heteroatoms. The highest BCUT2D eigenvalue weighted by molar-refractivity contribution is 7.39. The Labute approximate surface area is 133 Å². The number of rotatable bonds is 5. The zero-order valence-corrected chi connectivity index (χ0v) is 13.9. The lowest BCUT2D eigenvalue weighted by molar-refractivity contribution is -0.281. The first-order valence-electron chi connectivity index (χ1n) is 6.63. The zero-order valence-electron chi connectivity index (χ0n) is 13.0. The third kappa shape index (κ3) is 6.00. The maximum absolute atomic E-state index is 11.3. The summed E-state index contributed by atoms with van der Waals surface area (Å²) in [5, 5.41) is 0. The van der Waals surface area contributed by atoms with Crippen molar-refractivity contribution >= 4 is 26.5 Å². The molecule has 0 amide bonds. The van der Waals surface area contributed by atoms with Crippen molar-refractivity contribution in [3.8, 4) is 0 Å². The Morgan fingerprint density at radius 3 is 1.74 bits per heavy atom. The van der Waals surface area contributed by atoms with Gasteiger partial charge in [-0.25, -0.2) is 0 Å². The highest BCUT2D eigenvalue weighted by Gasteiger charge is 2.51. The van der Waals surface area contributed by atoms with Gasteiger partial charge in [0.2, 0.25) is 6.29 Å². The van der Waals surface area contributed by atoms with Gasteiger partial charge in [0.1, 0.15) is 0 Å². The molecule has 2 N–H and O–H groups in total. The van der Waals surface area contributed by atoms with Crippen LogP contribution in [0.2, 0.25) is 0 Å². The second-order valence-corrected chi connectivity index (χ2v) is 5.51. The molecule has 0 saturated carbocycles. The average Bonchev–Trinajstić information content (AvgIpc) is 2.36. The summed E-state index contributed by atoms with van der Waals surface area (Å²) < 4.78 is 25.3. The van der Waals surface area contributed by atoms with Crippen LogP contribution in [0.5, 0.6) is 0 Å². The standard InChI is InChI=1S/C12H19O10P/c1-5-9(19-6(2)13)10(20-7(3)14)11(21-8(4)15)12(18-5)22-23(16)17/h5,9-12,16-17H,1-4H3/t5-,9+,10+,11-,12+/m0/s1. The molecule has 5 atom stereocenters. The fraction of sp³-hybridized carbons (Fsp3) is 0.750. The predicted molar refractivity (Wildman–Crippen MR) is 73.4 cm³/mol. The largest absolute Gasteiger partial charge is 0.456 e. The van der Waals surface area contributed by atoms with Gasteiger partial charge in [0.05, 0.1) is 6.10 Å². The van der Waals surface area contributed by atoms with Gasteiger partial charge >= 0.3 is 26.5 Å². The Balaban J connectivity index is 3.13. The smallest absolute Gasteiger partial charge is 0.329 e. The second kappa shape index (κ2) is 8.51. The molecule has 1 aliphatic rings. The first kappa shape index (κ1) is 19.7. The van der Waals surface area contributed by atoms with Gasteiger partial charge in [-0.15, -0.1) is 0 Å². The SMILES string of the molecule is CC(=O)O[C@H]1[C@H](OC(C)=O)[C@@H](OP(O)O)O[C@@H](C)[C@H]1OC(C)=O. The fourth-order valence-electron chi connectivity index (χ4n) is 2.15. The summed E-state index contributed by atoms with van der Waals surface area (Å²) in [5.74, 6) is -2.12. The molecule has 1 aliphatic heterocycles. The molecule has 0 radical (unpaired) electrons. The number of hydrogen-bond acceptors (Lipinski definition) is 10. The van der Waals surface area contributed by atoms with Crippen LogP contribution in [0, 0.1) is 0 Å². The minimum absolute atomic E-state index is 0.657. The van der Waals surface area contributed by atoms with Crippen molar-refractivity contribution in [2.24, 2.45) is 0 Å². The van der Waals surface area contributed by atoms with E-state index in [1.165, 1.54) is 6.92 Å². The molecule has 0 aromatic carbocycles. The predicted octanol–water partition coefficient (Wildman–Crippen LogP) is -0.246. The number of hydrogen-bond donors (Lipinski definition) is 2. The Bertz CT molecular complexity index is 453. The molecule has 0 bridgehead atoms. The first-order chi connectivity index (χ1) is 10.6. The molecule has 1 heterocycles. The van der Waals surface area contributed by atoms with E-state index in [-0.39, 0.29) is 0 Å². The third-order valence-corrected chi connectivity index (χ3v) is 3.23. The van der Waals surface area contributed by atoms with Crippen molar-refractivity contribution < 1.29 is 47.6 Å². The molecule has 0 aromatic rings. The highest BCUT2D eigenvalue weighted by Crippen LogP contribution is 2.36. The first-order valence-corrected chi connectivity index (χ1v) is 7.80. The van der Waals surface area contributed by atoms with Crippen molar-refractivity contribution in [3.05, 3.63) is 0 Å². The monoisotopic (exact) mass is 354 g/mol. The van der Waals surface area contributed by atoms with Crippen molar-refractivity contribution in [2.45, 2.75) is 58.4 Å². The molecule has 1 rings (SSSR count). The summed E-state index contributed by atoms with van der Waals surface area (Å²) in [7, 11) is -2.83. The van der Waals surface area contributed by atoms with Crippen molar-refractivity contribution in [3.63, 3.8) is 0 Å². The molecule has 0 aromatic heterocycles. The van der Waals surface area contributed by atoms with Gasteiger partial charge in [0.15, 0.2) is 18.3 Å². The summed E-state index contributed by atoms with van der Waals surface area (Å²) in [4.78, 5) is 51.9. The van der Waals surface area contributed by atoms with E-state index >= 15 is 0 Å². The van der Waals surface area contributed by atoms with E-state index in [1.807, 2.05) is 0 Å². The molecular formula is C12H19O10P. The molecule has 1 saturated heterocycles. The second-order valence-electron chi connectivity index (χ2n) is 4.79. The summed E-state index contributed by atoms with van der Waals surface area (Å²) in [6.07, 6.45) is -5.88. The van der Waals surface area contributed by atoms with Gasteiger partial charge in [-0.05, 0) is 6.92 Å². The molecule has 132 valence electrons. The van der Waals surface area contributed by atoms with Crippen molar-refractivity contribution in [2.75, 3.05) is 0 Å². The Morgan fingerprint density at radius 2 is 1.30 bits per heavy atom. The molecule has 1 fully saturated rings. The average molecular weight is 354 g/mol. The van der Waals surface area contributed by atoms with Crippen LogP contribution in [0.15, 0.2) is 0 Å². The van der Waals surface area contributed by atoms with E-state index in [9.17, 15) is 14.4 Å². The van der Waals surface area contributed by atoms with Crippen LogP contribution in [-0.2, 0) is 37.9 Å². The molecule has 0 aliphatic carbocycles. The van der Waals surface area contributed by atoms with Crippen LogP contribution in [0.1, 0.15) is 27.7 Å². The van der Waals surface area contributed by atoms with E-state index in [2.05, 4.69) is 0 Å². The van der Waals surface area contributed by atoms with Crippen LogP contribution in [0.3, 0.4) is 0 Å². The van der Waals surface area contributed by atoms with E-state index in [0.29, 0.717) is 0 Å². The van der Waals surface area contributed by atoms with Gasteiger partial charge in [-0.1, -0.05) is 0 Å². The van der Waals surface area contributed by atoms with Gasteiger partial charge in [0.25, 0.3) is 0 Å². The topological polar surface area (TPSA) is 138 Å². The Hall–Kier alpha value is -1.32. The van der Waals surface area contributed by atoms with Crippen LogP contribution >= 0.6 is 8.60 Å². The fourth-order valence-corrected chi connectivity index (χ4v) is 2.50. The van der Waals surface area contributed by atoms with Crippen LogP contribution < -0.4 is 0 Å². The van der Waals surface area contributed by atoms with Crippen LogP contribution in [0.25, 0.3) is 0 Å². The summed E-state index contributed by atoms with van der Waals surface area (Å²) >= 11 is 0. The highest BCUT2D eigenvalue weighted by atomic mass is 31.2. The van der Waals surface area contributed by atoms with E-state index < -0.39 is 57.2 Å². The van der Waals surface area contributed by atoms with E-state index in [4.69, 9.17) is 33.3 Å². The lowest BCUT2D eigenvalue weighted by atomic mass is 9.99. The minimum atomic E-state index is -2.83. The molecule has 0 unspecified atom stereocenters. The van der Waals surface area contributed by atoms with Crippen LogP contribution in [-0.4, -0.2) is 58.4 Å². The number of ether oxygens (including phenoxy) is 4. The quantitative estimate of drug-likeness (QED) is 0.386. The summed E-state index contributed by atoms with van der Waals surface area (Å²) in [5.41, 5.74) is 0. The Kier molecular flexibility index (Phi) is 7.30. The van der Waals surface area contributed by atoms with Gasteiger partial charge < -0.3 is 28.7 Å². The molecule has 0 spiro atoms. The molecule has 10 nitrogen and oxygen atoms in total. The summed E-state index contributed by atoms with van der Waals surface area (Å²) in [6.45, 7) is 4.88. The van der Waals surface area contributed by atoms with E-state index in [0.717, 1.165) is 20.8 Å². The van der Waals surface area contributed by atoms with Crippen molar-refractivity contribution in [1.82, 2.24) is 0 Å². The Morgan fingerprint density at radius 1 is 0.870 bits per heavy atom. The van der Waals surface area contributed by atoms with Crippen molar-refractivity contribution in [1.29, 1.82) is 0 Å². The van der Waals surface area contributed by atoms with Gasteiger partial charge in [0, 0.05) is 20.8 Å².